The van der Waals surface area contributed by atoms with E-state index in [4.69, 9.17) is 0 Å². The summed E-state index contributed by atoms with van der Waals surface area (Å²) in [6.07, 6.45) is 0.921. The first-order chi connectivity index (χ1) is 8.43. The average molecular weight is 269 g/mol. The van der Waals surface area contributed by atoms with Crippen LogP contribution in [0.4, 0.5) is 0 Å². The molecule has 0 amide bonds. The van der Waals surface area contributed by atoms with Gasteiger partial charge >= 0.3 is 0 Å². The van der Waals surface area contributed by atoms with Crippen molar-refractivity contribution in [3.63, 3.8) is 0 Å². The van der Waals surface area contributed by atoms with Crippen LogP contribution in [0.1, 0.15) is 26.3 Å². The van der Waals surface area contributed by atoms with Crippen molar-refractivity contribution >= 4 is 9.84 Å². The van der Waals surface area contributed by atoms with E-state index in [9.17, 15) is 8.42 Å². The molecule has 1 aromatic carbocycles. The van der Waals surface area contributed by atoms with Gasteiger partial charge in [-0.1, -0.05) is 32.9 Å². The molecule has 1 N–H and O–H groups in total. The first kappa shape index (κ1) is 15.2. The predicted molar refractivity (Wildman–Crippen MR) is 75.6 cm³/mol. The van der Waals surface area contributed by atoms with Crippen molar-refractivity contribution in [1.82, 2.24) is 5.32 Å². The van der Waals surface area contributed by atoms with Crippen LogP contribution in [0.5, 0.6) is 0 Å². The van der Waals surface area contributed by atoms with Crippen LogP contribution in [-0.4, -0.2) is 27.3 Å². The zero-order valence-corrected chi connectivity index (χ0v) is 12.4. The minimum atomic E-state index is -3.25. The second kappa shape index (κ2) is 6.34. The zero-order chi connectivity index (χ0) is 13.8. The van der Waals surface area contributed by atoms with Crippen LogP contribution in [0, 0.1) is 5.92 Å². The van der Waals surface area contributed by atoms with Crippen molar-refractivity contribution < 1.29 is 8.42 Å². The lowest BCUT2D eigenvalue weighted by Crippen LogP contribution is -2.36. The molecule has 4 heteroatoms. The summed E-state index contributed by atoms with van der Waals surface area (Å²) < 4.78 is 25.0. The maximum Gasteiger partial charge on any atom is 0.182 e. The van der Waals surface area contributed by atoms with E-state index in [1.807, 2.05) is 26.0 Å². The van der Waals surface area contributed by atoms with Gasteiger partial charge < -0.3 is 5.32 Å². The maximum absolute atomic E-state index is 12.5. The molecule has 18 heavy (non-hydrogen) atoms. The predicted octanol–water partition coefficient (Wildman–Crippen LogP) is 2.27. The molecule has 0 aliphatic rings. The molecule has 0 saturated heterocycles. The molecule has 0 aromatic heterocycles. The standard InChI is InChI=1S/C14H23NO2S/c1-5-12-6-8-13(9-7-12)18(16,17)14(10-15-4)11(2)3/h6-9,11,14-15H,5,10H2,1-4H3. The summed E-state index contributed by atoms with van der Waals surface area (Å²) in [5, 5.41) is 2.59. The summed E-state index contributed by atoms with van der Waals surface area (Å²) >= 11 is 0. The first-order valence-electron chi connectivity index (χ1n) is 6.41. The Morgan fingerprint density at radius 3 is 2.11 bits per heavy atom. The van der Waals surface area contributed by atoms with Crippen molar-refractivity contribution in [2.75, 3.05) is 13.6 Å². The quantitative estimate of drug-likeness (QED) is 0.861. The van der Waals surface area contributed by atoms with Gasteiger partial charge in [0.05, 0.1) is 10.1 Å². The number of hydrogen-bond donors (Lipinski definition) is 1. The Hall–Kier alpha value is -0.870. The zero-order valence-electron chi connectivity index (χ0n) is 11.6. The minimum absolute atomic E-state index is 0.0910. The molecule has 0 aliphatic heterocycles. The van der Waals surface area contributed by atoms with E-state index in [0.717, 1.165) is 12.0 Å². The summed E-state index contributed by atoms with van der Waals surface area (Å²) in [6.45, 7) is 6.43. The van der Waals surface area contributed by atoms with Gasteiger partial charge in [-0.05, 0) is 37.1 Å². The van der Waals surface area contributed by atoms with E-state index in [-0.39, 0.29) is 11.2 Å². The number of nitrogens with one attached hydrogen (secondary N) is 1. The van der Waals surface area contributed by atoms with Gasteiger partial charge in [-0.15, -0.1) is 0 Å². The van der Waals surface area contributed by atoms with Crippen molar-refractivity contribution in [3.8, 4) is 0 Å². The SMILES string of the molecule is CCc1ccc(S(=O)(=O)C(CNC)C(C)C)cc1. The van der Waals surface area contributed by atoms with Crippen LogP contribution < -0.4 is 5.32 Å². The van der Waals surface area contributed by atoms with E-state index < -0.39 is 9.84 Å². The summed E-state index contributed by atoms with van der Waals surface area (Å²) in [5.41, 5.74) is 1.16. The highest BCUT2D eigenvalue weighted by atomic mass is 32.2. The maximum atomic E-state index is 12.5. The van der Waals surface area contributed by atoms with Crippen molar-refractivity contribution in [2.24, 2.45) is 5.92 Å². The minimum Gasteiger partial charge on any atom is -0.318 e. The molecular formula is C14H23NO2S. The fourth-order valence-corrected chi connectivity index (χ4v) is 3.96. The summed E-state index contributed by atoms with van der Waals surface area (Å²) in [4.78, 5) is 0.425. The molecular weight excluding hydrogens is 246 g/mol. The van der Waals surface area contributed by atoms with Gasteiger partial charge in [0.2, 0.25) is 0 Å². The fraction of sp³-hybridized carbons (Fsp3) is 0.571. The van der Waals surface area contributed by atoms with Crippen LogP contribution >= 0.6 is 0 Å². The summed E-state index contributed by atoms with van der Waals surface area (Å²) in [7, 11) is -1.47. The molecule has 0 spiro atoms. The number of sulfone groups is 1. The van der Waals surface area contributed by atoms with Gasteiger partial charge in [0, 0.05) is 6.54 Å². The number of benzene rings is 1. The van der Waals surface area contributed by atoms with Crippen LogP contribution in [0.15, 0.2) is 29.2 Å². The Morgan fingerprint density at radius 2 is 1.72 bits per heavy atom. The Balaban J connectivity index is 3.09. The number of hydrogen-bond acceptors (Lipinski definition) is 3. The lowest BCUT2D eigenvalue weighted by atomic mass is 10.1. The molecule has 1 unspecified atom stereocenters. The largest absolute Gasteiger partial charge is 0.318 e. The third-order valence-electron chi connectivity index (χ3n) is 3.21. The highest BCUT2D eigenvalue weighted by molar-refractivity contribution is 7.92. The fourth-order valence-electron chi connectivity index (χ4n) is 1.99. The Labute approximate surface area is 111 Å². The van der Waals surface area contributed by atoms with Gasteiger partial charge in [0.1, 0.15) is 0 Å². The van der Waals surface area contributed by atoms with E-state index >= 15 is 0 Å². The van der Waals surface area contributed by atoms with Crippen molar-refractivity contribution in [2.45, 2.75) is 37.3 Å². The van der Waals surface area contributed by atoms with Crippen molar-refractivity contribution in [1.29, 1.82) is 0 Å². The molecule has 0 aliphatic carbocycles. The third-order valence-corrected chi connectivity index (χ3v) is 5.64. The Bertz CT molecular complexity index is 463. The molecule has 0 fully saturated rings. The molecule has 102 valence electrons. The second-order valence-electron chi connectivity index (χ2n) is 4.88. The van der Waals surface area contributed by atoms with Crippen LogP contribution in [-0.2, 0) is 16.3 Å². The highest BCUT2D eigenvalue weighted by Gasteiger charge is 2.29. The normalized spacial score (nSPS) is 13.8. The highest BCUT2D eigenvalue weighted by Crippen LogP contribution is 2.21. The van der Waals surface area contributed by atoms with Crippen LogP contribution in [0.3, 0.4) is 0 Å². The molecule has 0 bridgehead atoms. The first-order valence-corrected chi connectivity index (χ1v) is 7.95. The van der Waals surface area contributed by atoms with Crippen molar-refractivity contribution in [3.05, 3.63) is 29.8 Å². The Morgan fingerprint density at radius 1 is 1.17 bits per heavy atom. The van der Waals surface area contributed by atoms with Gasteiger partial charge in [-0.3, -0.25) is 0 Å². The van der Waals surface area contributed by atoms with E-state index in [1.165, 1.54) is 0 Å². The number of aryl methyl sites for hydroxylation is 1. The van der Waals surface area contributed by atoms with E-state index in [0.29, 0.717) is 11.4 Å². The van der Waals surface area contributed by atoms with E-state index in [2.05, 4.69) is 12.2 Å². The van der Waals surface area contributed by atoms with Gasteiger partial charge in [-0.2, -0.15) is 0 Å². The molecule has 0 radical (unpaired) electrons. The molecule has 1 rings (SSSR count). The topological polar surface area (TPSA) is 46.2 Å². The molecule has 1 atom stereocenters. The average Bonchev–Trinajstić information content (AvgIpc) is 2.35. The lowest BCUT2D eigenvalue weighted by Gasteiger charge is -2.21. The summed E-state index contributed by atoms with van der Waals surface area (Å²) in [6, 6.07) is 7.23. The molecule has 3 nitrogen and oxygen atoms in total. The second-order valence-corrected chi connectivity index (χ2v) is 7.05. The smallest absolute Gasteiger partial charge is 0.182 e. The van der Waals surface area contributed by atoms with Gasteiger partial charge in [-0.25, -0.2) is 8.42 Å². The molecule has 1 aromatic rings. The van der Waals surface area contributed by atoms with Gasteiger partial charge in [0.15, 0.2) is 9.84 Å². The molecule has 0 heterocycles. The monoisotopic (exact) mass is 269 g/mol. The van der Waals surface area contributed by atoms with Crippen LogP contribution in [0.25, 0.3) is 0 Å². The van der Waals surface area contributed by atoms with Crippen LogP contribution in [0.2, 0.25) is 0 Å². The summed E-state index contributed by atoms with van der Waals surface area (Å²) in [5.74, 6) is 0.0910. The lowest BCUT2D eigenvalue weighted by molar-refractivity contribution is 0.516. The van der Waals surface area contributed by atoms with E-state index in [1.54, 1.807) is 19.2 Å². The number of rotatable bonds is 6. The van der Waals surface area contributed by atoms with Gasteiger partial charge in [0.25, 0.3) is 0 Å². The third kappa shape index (κ3) is 3.33. The molecule has 0 saturated carbocycles. The Kier molecular flexibility index (Phi) is 5.35.